The maximum atomic E-state index is 12.6. The third-order valence-electron chi connectivity index (χ3n) is 4.55. The van der Waals surface area contributed by atoms with Crippen molar-refractivity contribution in [3.05, 3.63) is 48.0 Å². The number of unbranched alkanes of at least 4 members (excludes halogenated alkanes) is 5. The Kier molecular flexibility index (Phi) is 8.64. The first-order valence-corrected chi connectivity index (χ1v) is 11.3. The lowest BCUT2D eigenvalue weighted by molar-refractivity contribution is 0.302. The van der Waals surface area contributed by atoms with Gasteiger partial charge in [-0.25, -0.2) is 8.42 Å². The first kappa shape index (κ1) is 22.1. The maximum Gasteiger partial charge on any atom is 0.261 e. The molecule has 0 fully saturated rings. The summed E-state index contributed by atoms with van der Waals surface area (Å²) >= 11 is 0. The zero-order valence-electron chi connectivity index (χ0n) is 17.0. The molecule has 0 aliphatic heterocycles. The van der Waals surface area contributed by atoms with Gasteiger partial charge in [0.1, 0.15) is 11.5 Å². The summed E-state index contributed by atoms with van der Waals surface area (Å²) in [5.41, 5.74) is 1.30. The number of hydrogen-bond donors (Lipinski definition) is 1. The highest BCUT2D eigenvalue weighted by Crippen LogP contribution is 2.24. The van der Waals surface area contributed by atoms with Crippen molar-refractivity contribution in [2.24, 2.45) is 0 Å². The van der Waals surface area contributed by atoms with Crippen molar-refractivity contribution in [2.75, 3.05) is 18.4 Å². The van der Waals surface area contributed by atoms with Crippen LogP contribution in [-0.2, 0) is 10.0 Å². The fourth-order valence-electron chi connectivity index (χ4n) is 2.89. The molecule has 0 bridgehead atoms. The van der Waals surface area contributed by atoms with Crippen LogP contribution in [0.3, 0.4) is 0 Å². The van der Waals surface area contributed by atoms with Crippen LogP contribution in [0.15, 0.2) is 47.4 Å². The molecule has 2 aromatic rings. The standard InChI is InChI=1S/C22H31NO4S/c1-4-5-6-7-8-9-16-27-22-15-14-21(17-18(22)2)28(24,25)23-19-10-12-20(26-3)13-11-19/h10-15,17,23H,4-9,16H2,1-3H3. The van der Waals surface area contributed by atoms with Crippen LogP contribution in [-0.4, -0.2) is 22.1 Å². The summed E-state index contributed by atoms with van der Waals surface area (Å²) in [5.74, 6) is 1.41. The SMILES string of the molecule is CCCCCCCCOc1ccc(S(=O)(=O)Nc2ccc(OC)cc2)cc1C. The van der Waals surface area contributed by atoms with Gasteiger partial charge < -0.3 is 9.47 Å². The van der Waals surface area contributed by atoms with Gasteiger partial charge in [0, 0.05) is 5.69 Å². The van der Waals surface area contributed by atoms with E-state index in [1.54, 1.807) is 49.6 Å². The third kappa shape index (κ3) is 6.75. The molecular weight excluding hydrogens is 374 g/mol. The van der Waals surface area contributed by atoms with Gasteiger partial charge in [0.15, 0.2) is 0 Å². The second-order valence-electron chi connectivity index (χ2n) is 6.88. The van der Waals surface area contributed by atoms with Crippen LogP contribution in [0, 0.1) is 6.92 Å². The van der Waals surface area contributed by atoms with Gasteiger partial charge in [-0.1, -0.05) is 39.0 Å². The Labute approximate surface area is 169 Å². The van der Waals surface area contributed by atoms with Crippen molar-refractivity contribution in [3.63, 3.8) is 0 Å². The second kappa shape index (κ2) is 11.0. The monoisotopic (exact) mass is 405 g/mol. The topological polar surface area (TPSA) is 64.6 Å². The first-order chi connectivity index (χ1) is 13.5. The molecule has 0 spiro atoms. The smallest absolute Gasteiger partial charge is 0.261 e. The summed E-state index contributed by atoms with van der Waals surface area (Å²) in [7, 11) is -2.09. The summed E-state index contributed by atoms with van der Waals surface area (Å²) in [4.78, 5) is 0.215. The van der Waals surface area contributed by atoms with Crippen molar-refractivity contribution in [3.8, 4) is 11.5 Å². The van der Waals surface area contributed by atoms with Crippen molar-refractivity contribution in [1.82, 2.24) is 0 Å². The van der Waals surface area contributed by atoms with Crippen LogP contribution in [0.4, 0.5) is 5.69 Å². The van der Waals surface area contributed by atoms with Crippen LogP contribution < -0.4 is 14.2 Å². The number of ether oxygens (including phenoxy) is 2. The molecule has 0 saturated heterocycles. The predicted molar refractivity (Wildman–Crippen MR) is 114 cm³/mol. The van der Waals surface area contributed by atoms with E-state index in [0.717, 1.165) is 24.2 Å². The molecule has 0 aromatic heterocycles. The number of sulfonamides is 1. The van der Waals surface area contributed by atoms with E-state index in [-0.39, 0.29) is 4.90 Å². The second-order valence-corrected chi connectivity index (χ2v) is 8.56. The summed E-state index contributed by atoms with van der Waals surface area (Å²) in [6, 6.07) is 11.7. The van der Waals surface area contributed by atoms with Gasteiger partial charge in [-0.2, -0.15) is 0 Å². The molecule has 6 heteroatoms. The molecule has 0 saturated carbocycles. The highest BCUT2D eigenvalue weighted by Gasteiger charge is 2.16. The van der Waals surface area contributed by atoms with Gasteiger partial charge in [0.05, 0.1) is 18.6 Å². The lowest BCUT2D eigenvalue weighted by Gasteiger charge is -2.12. The minimum absolute atomic E-state index is 0.215. The van der Waals surface area contributed by atoms with E-state index in [2.05, 4.69) is 11.6 Å². The summed E-state index contributed by atoms with van der Waals surface area (Å²) in [6.07, 6.45) is 7.24. The van der Waals surface area contributed by atoms with Crippen molar-refractivity contribution < 1.29 is 17.9 Å². The van der Waals surface area contributed by atoms with Crippen molar-refractivity contribution in [1.29, 1.82) is 0 Å². The lowest BCUT2D eigenvalue weighted by Crippen LogP contribution is -2.13. The van der Waals surface area contributed by atoms with Crippen molar-refractivity contribution in [2.45, 2.75) is 57.3 Å². The predicted octanol–water partition coefficient (Wildman–Crippen LogP) is 5.54. The Balaban J connectivity index is 1.92. The fraction of sp³-hybridized carbons (Fsp3) is 0.455. The Morgan fingerprint density at radius 1 is 0.929 bits per heavy atom. The normalized spacial score (nSPS) is 11.2. The first-order valence-electron chi connectivity index (χ1n) is 9.86. The number of rotatable bonds is 12. The van der Waals surface area contributed by atoms with Crippen LogP contribution >= 0.6 is 0 Å². The Bertz CT molecular complexity index is 832. The fourth-order valence-corrected chi connectivity index (χ4v) is 4.03. The molecule has 0 amide bonds. The molecule has 0 aliphatic carbocycles. The van der Waals surface area contributed by atoms with E-state index in [1.165, 1.54) is 25.7 Å². The van der Waals surface area contributed by atoms with E-state index in [4.69, 9.17) is 9.47 Å². The van der Waals surface area contributed by atoms with E-state index >= 15 is 0 Å². The lowest BCUT2D eigenvalue weighted by atomic mass is 10.1. The minimum atomic E-state index is -3.66. The summed E-state index contributed by atoms with van der Waals surface area (Å²) in [6.45, 7) is 4.73. The summed E-state index contributed by atoms with van der Waals surface area (Å²) < 4.78 is 38.7. The Morgan fingerprint density at radius 2 is 1.61 bits per heavy atom. The average molecular weight is 406 g/mol. The Hall–Kier alpha value is -2.21. The number of anilines is 1. The van der Waals surface area contributed by atoms with E-state index < -0.39 is 10.0 Å². The van der Waals surface area contributed by atoms with Gasteiger partial charge in [-0.3, -0.25) is 4.72 Å². The quantitative estimate of drug-likeness (QED) is 0.471. The summed E-state index contributed by atoms with van der Waals surface area (Å²) in [5, 5.41) is 0. The molecule has 1 N–H and O–H groups in total. The zero-order valence-corrected chi connectivity index (χ0v) is 17.8. The van der Waals surface area contributed by atoms with Gasteiger partial charge in [0.2, 0.25) is 0 Å². The van der Waals surface area contributed by atoms with Crippen LogP contribution in [0.5, 0.6) is 11.5 Å². The molecule has 2 rings (SSSR count). The molecule has 0 atom stereocenters. The minimum Gasteiger partial charge on any atom is -0.497 e. The van der Waals surface area contributed by atoms with E-state index in [9.17, 15) is 8.42 Å². The maximum absolute atomic E-state index is 12.6. The van der Waals surface area contributed by atoms with Gasteiger partial charge in [-0.15, -0.1) is 0 Å². The van der Waals surface area contributed by atoms with Gasteiger partial charge >= 0.3 is 0 Å². The van der Waals surface area contributed by atoms with E-state index in [1.807, 2.05) is 6.92 Å². The highest BCUT2D eigenvalue weighted by atomic mass is 32.2. The molecule has 154 valence electrons. The Morgan fingerprint density at radius 3 is 2.25 bits per heavy atom. The van der Waals surface area contributed by atoms with E-state index in [0.29, 0.717) is 18.0 Å². The van der Waals surface area contributed by atoms with Gasteiger partial charge in [-0.05, 0) is 61.4 Å². The molecular formula is C22H31NO4S. The van der Waals surface area contributed by atoms with Crippen LogP contribution in [0.1, 0.15) is 51.0 Å². The highest BCUT2D eigenvalue weighted by molar-refractivity contribution is 7.92. The molecule has 0 radical (unpaired) electrons. The largest absolute Gasteiger partial charge is 0.497 e. The average Bonchev–Trinajstić information content (AvgIpc) is 2.68. The zero-order chi connectivity index (χ0) is 20.4. The number of nitrogens with one attached hydrogen (secondary N) is 1. The molecule has 28 heavy (non-hydrogen) atoms. The molecule has 0 unspecified atom stereocenters. The number of aryl methyl sites for hydroxylation is 1. The number of hydrogen-bond acceptors (Lipinski definition) is 4. The number of methoxy groups -OCH3 is 1. The molecule has 2 aromatic carbocycles. The molecule has 0 heterocycles. The van der Waals surface area contributed by atoms with Gasteiger partial charge in [0.25, 0.3) is 10.0 Å². The third-order valence-corrected chi connectivity index (χ3v) is 5.93. The van der Waals surface area contributed by atoms with Crippen LogP contribution in [0.2, 0.25) is 0 Å². The van der Waals surface area contributed by atoms with Crippen molar-refractivity contribution >= 4 is 15.7 Å². The van der Waals surface area contributed by atoms with Crippen LogP contribution in [0.25, 0.3) is 0 Å². The number of benzene rings is 2. The molecule has 5 nitrogen and oxygen atoms in total. The molecule has 0 aliphatic rings.